The zero-order valence-electron chi connectivity index (χ0n) is 9.58. The van der Waals surface area contributed by atoms with Crippen molar-refractivity contribution in [3.8, 4) is 5.75 Å². The van der Waals surface area contributed by atoms with Gasteiger partial charge in [-0.2, -0.15) is 0 Å². The molecule has 4 heteroatoms. The number of methoxy groups -OCH3 is 1. The number of hydrogen-bond donors (Lipinski definition) is 1. The first-order valence-electron chi connectivity index (χ1n) is 5.01. The lowest BCUT2D eigenvalue weighted by Crippen LogP contribution is -2.13. The fourth-order valence-corrected chi connectivity index (χ4v) is 1.66. The summed E-state index contributed by atoms with van der Waals surface area (Å²) in [6.07, 6.45) is 0.261. The van der Waals surface area contributed by atoms with Crippen molar-refractivity contribution in [2.24, 2.45) is 5.92 Å². The van der Waals surface area contributed by atoms with Crippen molar-refractivity contribution in [2.45, 2.75) is 20.3 Å². The summed E-state index contributed by atoms with van der Waals surface area (Å²) in [5, 5.41) is 8.81. The van der Waals surface area contributed by atoms with Crippen LogP contribution in [0.25, 0.3) is 0 Å². The summed E-state index contributed by atoms with van der Waals surface area (Å²) in [7, 11) is 1.50. The van der Waals surface area contributed by atoms with Crippen molar-refractivity contribution >= 4 is 5.97 Å². The highest BCUT2D eigenvalue weighted by Gasteiger charge is 2.16. The van der Waals surface area contributed by atoms with E-state index >= 15 is 0 Å². The van der Waals surface area contributed by atoms with Gasteiger partial charge in [-0.05, 0) is 36.6 Å². The second-order valence-corrected chi connectivity index (χ2v) is 3.86. The first-order valence-corrected chi connectivity index (χ1v) is 5.01. The van der Waals surface area contributed by atoms with Gasteiger partial charge < -0.3 is 9.84 Å². The second kappa shape index (κ2) is 4.96. The monoisotopic (exact) mass is 226 g/mol. The number of ether oxygens (including phenoxy) is 1. The van der Waals surface area contributed by atoms with E-state index in [2.05, 4.69) is 0 Å². The number of hydrogen-bond acceptors (Lipinski definition) is 2. The maximum absolute atomic E-state index is 13.2. The molecule has 1 aromatic carbocycles. The summed E-state index contributed by atoms with van der Waals surface area (Å²) in [4.78, 5) is 10.7. The Morgan fingerprint density at radius 1 is 1.56 bits per heavy atom. The van der Waals surface area contributed by atoms with Crippen molar-refractivity contribution in [1.82, 2.24) is 0 Å². The smallest absolute Gasteiger partial charge is 0.306 e. The second-order valence-electron chi connectivity index (χ2n) is 3.86. The molecular weight excluding hydrogens is 211 g/mol. The normalized spacial score (nSPS) is 12.2. The molecule has 0 saturated carbocycles. The summed E-state index contributed by atoms with van der Waals surface area (Å²) in [6, 6.07) is 2.69. The highest BCUT2D eigenvalue weighted by Crippen LogP contribution is 2.27. The van der Waals surface area contributed by atoms with Crippen molar-refractivity contribution in [2.75, 3.05) is 7.11 Å². The molecule has 0 aromatic heterocycles. The van der Waals surface area contributed by atoms with E-state index in [0.29, 0.717) is 16.9 Å². The Morgan fingerprint density at radius 2 is 2.19 bits per heavy atom. The summed E-state index contributed by atoms with van der Waals surface area (Å²) < 4.78 is 18.3. The van der Waals surface area contributed by atoms with Gasteiger partial charge in [0.15, 0.2) is 0 Å². The van der Waals surface area contributed by atoms with Crippen molar-refractivity contribution in [1.29, 1.82) is 0 Å². The number of benzene rings is 1. The standard InChI is InChI=1S/C12H15FO3/c1-7-5-10(13)6-9(11(7)16-3)4-8(2)12(14)15/h5-6,8H,4H2,1-3H3,(H,14,15). The molecule has 0 heterocycles. The van der Waals surface area contributed by atoms with Crippen molar-refractivity contribution in [3.63, 3.8) is 0 Å². The molecule has 1 atom stereocenters. The Kier molecular flexibility index (Phi) is 3.88. The number of carboxylic acid groups (broad SMARTS) is 1. The lowest BCUT2D eigenvalue weighted by Gasteiger charge is -2.13. The molecule has 1 N–H and O–H groups in total. The zero-order chi connectivity index (χ0) is 12.3. The van der Waals surface area contributed by atoms with Crippen LogP contribution in [-0.2, 0) is 11.2 Å². The van der Waals surface area contributed by atoms with Gasteiger partial charge in [0, 0.05) is 0 Å². The Bertz CT molecular complexity index is 401. The van der Waals surface area contributed by atoms with Gasteiger partial charge in [-0.1, -0.05) is 6.92 Å². The minimum absolute atomic E-state index is 0.261. The molecule has 16 heavy (non-hydrogen) atoms. The first-order chi connectivity index (χ1) is 7.45. The van der Waals surface area contributed by atoms with Crippen LogP contribution in [0.1, 0.15) is 18.1 Å². The first kappa shape index (κ1) is 12.5. The molecule has 0 bridgehead atoms. The predicted octanol–water partition coefficient (Wildman–Crippen LogP) is 2.41. The molecule has 0 amide bonds. The Morgan fingerprint density at radius 3 is 2.69 bits per heavy atom. The largest absolute Gasteiger partial charge is 0.496 e. The highest BCUT2D eigenvalue weighted by atomic mass is 19.1. The minimum atomic E-state index is -0.899. The third kappa shape index (κ3) is 2.72. The van der Waals surface area contributed by atoms with E-state index < -0.39 is 11.9 Å². The molecule has 1 rings (SSSR count). The van der Waals surface area contributed by atoms with Gasteiger partial charge in [0.2, 0.25) is 0 Å². The fraction of sp³-hybridized carbons (Fsp3) is 0.417. The molecule has 88 valence electrons. The molecule has 0 aliphatic rings. The Balaban J connectivity index is 3.07. The van der Waals surface area contributed by atoms with Crippen LogP contribution in [0.5, 0.6) is 5.75 Å². The average molecular weight is 226 g/mol. The lowest BCUT2D eigenvalue weighted by molar-refractivity contribution is -0.141. The number of halogens is 1. The Labute approximate surface area is 93.9 Å². The van der Waals surface area contributed by atoms with E-state index in [9.17, 15) is 9.18 Å². The van der Waals surface area contributed by atoms with Crippen LogP contribution < -0.4 is 4.74 Å². The number of aryl methyl sites for hydroxylation is 1. The molecule has 0 fully saturated rings. The molecule has 0 spiro atoms. The molecule has 0 radical (unpaired) electrons. The molecule has 0 aliphatic heterocycles. The van der Waals surface area contributed by atoms with E-state index in [4.69, 9.17) is 9.84 Å². The molecule has 3 nitrogen and oxygen atoms in total. The Hall–Kier alpha value is -1.58. The molecule has 0 saturated heterocycles. The lowest BCUT2D eigenvalue weighted by atomic mass is 9.98. The van der Waals surface area contributed by atoms with Crippen LogP contribution in [0, 0.1) is 18.7 Å². The number of carboxylic acids is 1. The minimum Gasteiger partial charge on any atom is -0.496 e. The molecule has 1 unspecified atom stereocenters. The topological polar surface area (TPSA) is 46.5 Å². The quantitative estimate of drug-likeness (QED) is 0.857. The molecule has 0 aliphatic carbocycles. The van der Waals surface area contributed by atoms with Crippen LogP contribution in [0.3, 0.4) is 0 Å². The third-order valence-corrected chi connectivity index (χ3v) is 2.47. The SMILES string of the molecule is COc1c(C)cc(F)cc1CC(C)C(=O)O. The van der Waals surface area contributed by atoms with Crippen LogP contribution in [0.15, 0.2) is 12.1 Å². The average Bonchev–Trinajstić information content (AvgIpc) is 2.16. The van der Waals surface area contributed by atoms with Gasteiger partial charge in [0.25, 0.3) is 0 Å². The summed E-state index contributed by atoms with van der Waals surface area (Å²) >= 11 is 0. The van der Waals surface area contributed by atoms with Gasteiger partial charge in [-0.15, -0.1) is 0 Å². The van der Waals surface area contributed by atoms with E-state index in [1.165, 1.54) is 19.2 Å². The summed E-state index contributed by atoms with van der Waals surface area (Å²) in [5.74, 6) is -1.26. The highest BCUT2D eigenvalue weighted by molar-refractivity contribution is 5.70. The van der Waals surface area contributed by atoms with E-state index in [1.807, 2.05) is 0 Å². The van der Waals surface area contributed by atoms with Crippen LogP contribution in [0.4, 0.5) is 4.39 Å². The number of rotatable bonds is 4. The van der Waals surface area contributed by atoms with Gasteiger partial charge >= 0.3 is 5.97 Å². The van der Waals surface area contributed by atoms with E-state index in [0.717, 1.165) is 0 Å². The van der Waals surface area contributed by atoms with Gasteiger partial charge in [-0.3, -0.25) is 4.79 Å². The molecule has 1 aromatic rings. The fourth-order valence-electron chi connectivity index (χ4n) is 1.66. The summed E-state index contributed by atoms with van der Waals surface area (Å²) in [5.41, 5.74) is 1.27. The zero-order valence-corrected chi connectivity index (χ0v) is 9.58. The number of carbonyl (C=O) groups is 1. The molecular formula is C12H15FO3. The van der Waals surface area contributed by atoms with Gasteiger partial charge in [0.1, 0.15) is 11.6 Å². The van der Waals surface area contributed by atoms with Crippen molar-refractivity contribution < 1.29 is 19.0 Å². The van der Waals surface area contributed by atoms with Crippen LogP contribution in [0.2, 0.25) is 0 Å². The third-order valence-electron chi connectivity index (χ3n) is 2.47. The van der Waals surface area contributed by atoms with Crippen LogP contribution in [-0.4, -0.2) is 18.2 Å². The van der Waals surface area contributed by atoms with Gasteiger partial charge in [-0.25, -0.2) is 4.39 Å². The summed E-state index contributed by atoms with van der Waals surface area (Å²) in [6.45, 7) is 3.32. The predicted molar refractivity (Wildman–Crippen MR) is 58.2 cm³/mol. The maximum Gasteiger partial charge on any atom is 0.306 e. The van der Waals surface area contributed by atoms with Gasteiger partial charge in [0.05, 0.1) is 13.0 Å². The van der Waals surface area contributed by atoms with Crippen molar-refractivity contribution in [3.05, 3.63) is 29.1 Å². The van der Waals surface area contributed by atoms with Crippen LogP contribution >= 0.6 is 0 Å². The maximum atomic E-state index is 13.2. The van der Waals surface area contributed by atoms with E-state index in [-0.39, 0.29) is 12.2 Å². The van der Waals surface area contributed by atoms with E-state index in [1.54, 1.807) is 13.8 Å². The number of aliphatic carboxylic acids is 1.